The Morgan fingerprint density at radius 3 is 2.33 bits per heavy atom. The Labute approximate surface area is 120 Å². The van der Waals surface area contributed by atoms with Crippen molar-refractivity contribution in [3.8, 4) is 0 Å². The summed E-state index contributed by atoms with van der Waals surface area (Å²) in [6, 6.07) is 3.31. The molecule has 1 aliphatic rings. The molecule has 2 rings (SSSR count). The second-order valence-corrected chi connectivity index (χ2v) is 5.20. The molecular weight excluding hydrogens is 287 g/mol. The Bertz CT molecular complexity index is 535. The van der Waals surface area contributed by atoms with Crippen LogP contribution in [-0.2, 0) is 10.9 Å². The molecule has 0 amide bonds. The highest BCUT2D eigenvalue weighted by atomic mass is 19.4. The van der Waals surface area contributed by atoms with Crippen molar-refractivity contribution in [1.29, 1.82) is 0 Å². The molecule has 1 aromatic carbocycles. The van der Waals surface area contributed by atoms with Crippen molar-refractivity contribution in [2.45, 2.75) is 32.2 Å². The number of hydrogen-bond donors (Lipinski definition) is 1. The number of nitrogens with zero attached hydrogens (tertiary/aromatic N) is 1. The third kappa shape index (κ3) is 3.47. The van der Waals surface area contributed by atoms with E-state index in [9.17, 15) is 18.0 Å². The number of alkyl halides is 3. The molecule has 1 saturated heterocycles. The van der Waals surface area contributed by atoms with Crippen molar-refractivity contribution >= 4 is 11.7 Å². The van der Waals surface area contributed by atoms with Crippen molar-refractivity contribution < 1.29 is 27.8 Å². The lowest BCUT2D eigenvalue weighted by Gasteiger charge is -2.37. The molecule has 116 valence electrons. The van der Waals surface area contributed by atoms with E-state index < -0.39 is 23.3 Å². The van der Waals surface area contributed by atoms with E-state index >= 15 is 0 Å². The highest BCUT2D eigenvalue weighted by Gasteiger charge is 2.36. The summed E-state index contributed by atoms with van der Waals surface area (Å²) < 4.78 is 44.5. The summed E-state index contributed by atoms with van der Waals surface area (Å²) in [5.41, 5.74) is -1.51. The quantitative estimate of drug-likeness (QED) is 0.912. The maximum atomic E-state index is 13.0. The molecule has 0 unspecified atom stereocenters. The van der Waals surface area contributed by atoms with Gasteiger partial charge in [-0.25, -0.2) is 4.79 Å². The third-order valence-corrected chi connectivity index (χ3v) is 3.32. The molecule has 4 nitrogen and oxygen atoms in total. The Hall–Kier alpha value is -1.76. The van der Waals surface area contributed by atoms with E-state index in [0.29, 0.717) is 18.8 Å². The van der Waals surface area contributed by atoms with Crippen LogP contribution in [0.5, 0.6) is 0 Å². The van der Waals surface area contributed by atoms with Gasteiger partial charge < -0.3 is 14.7 Å². The fourth-order valence-electron chi connectivity index (χ4n) is 2.54. The average Bonchev–Trinajstić information content (AvgIpc) is 2.35. The molecule has 7 heteroatoms. The van der Waals surface area contributed by atoms with Crippen molar-refractivity contribution in [3.05, 3.63) is 29.3 Å². The molecule has 0 aromatic heterocycles. The molecule has 1 heterocycles. The van der Waals surface area contributed by atoms with Crippen LogP contribution in [0, 0.1) is 0 Å². The van der Waals surface area contributed by atoms with E-state index in [1.807, 2.05) is 13.8 Å². The number of halogens is 3. The first-order valence-electron chi connectivity index (χ1n) is 6.53. The Morgan fingerprint density at radius 2 is 1.86 bits per heavy atom. The molecule has 0 saturated carbocycles. The summed E-state index contributed by atoms with van der Waals surface area (Å²) >= 11 is 0. The third-order valence-electron chi connectivity index (χ3n) is 3.32. The molecule has 0 aliphatic carbocycles. The van der Waals surface area contributed by atoms with Gasteiger partial charge in [0.2, 0.25) is 0 Å². The zero-order valence-electron chi connectivity index (χ0n) is 11.6. The normalized spacial score (nSPS) is 23.2. The molecule has 1 aromatic rings. The molecule has 21 heavy (non-hydrogen) atoms. The molecule has 0 spiro atoms. The average molecular weight is 303 g/mol. The minimum atomic E-state index is -4.70. The van der Waals surface area contributed by atoms with E-state index in [-0.39, 0.29) is 12.2 Å². The smallest absolute Gasteiger partial charge is 0.417 e. The maximum Gasteiger partial charge on any atom is 0.417 e. The van der Waals surface area contributed by atoms with E-state index in [0.717, 1.165) is 12.1 Å². The highest BCUT2D eigenvalue weighted by molar-refractivity contribution is 5.90. The van der Waals surface area contributed by atoms with Gasteiger partial charge in [-0.1, -0.05) is 0 Å². The number of ether oxygens (including phenoxy) is 1. The predicted octanol–water partition coefficient (Wildman–Crippen LogP) is 3.02. The topological polar surface area (TPSA) is 49.8 Å². The minimum absolute atomic E-state index is 0.0952. The van der Waals surface area contributed by atoms with Crippen LogP contribution in [-0.4, -0.2) is 36.4 Å². The van der Waals surface area contributed by atoms with Gasteiger partial charge in [0.15, 0.2) is 0 Å². The second kappa shape index (κ2) is 5.55. The molecule has 1 aliphatic heterocycles. The van der Waals surface area contributed by atoms with Crippen LogP contribution in [0.3, 0.4) is 0 Å². The number of morpholine rings is 1. The largest absolute Gasteiger partial charge is 0.478 e. The first-order chi connectivity index (χ1) is 9.68. The Balaban J connectivity index is 2.40. The number of rotatable bonds is 2. The molecular formula is C14H16F3NO3. The first-order valence-corrected chi connectivity index (χ1v) is 6.53. The number of aromatic carboxylic acids is 1. The number of benzene rings is 1. The van der Waals surface area contributed by atoms with Crippen molar-refractivity contribution in [2.75, 3.05) is 18.0 Å². The molecule has 2 atom stereocenters. The van der Waals surface area contributed by atoms with Gasteiger partial charge in [-0.2, -0.15) is 13.2 Å². The Kier molecular flexibility index (Phi) is 4.13. The molecule has 0 bridgehead atoms. The van der Waals surface area contributed by atoms with Crippen LogP contribution in [0.2, 0.25) is 0 Å². The van der Waals surface area contributed by atoms with Gasteiger partial charge in [0.25, 0.3) is 0 Å². The zero-order valence-corrected chi connectivity index (χ0v) is 11.6. The van der Waals surface area contributed by atoms with Crippen LogP contribution >= 0.6 is 0 Å². The highest BCUT2D eigenvalue weighted by Crippen LogP contribution is 2.35. The first kappa shape index (κ1) is 15.6. The van der Waals surface area contributed by atoms with Gasteiger partial charge in [0, 0.05) is 18.8 Å². The van der Waals surface area contributed by atoms with Gasteiger partial charge in [-0.05, 0) is 32.0 Å². The monoisotopic (exact) mass is 303 g/mol. The lowest BCUT2D eigenvalue weighted by Crippen LogP contribution is -2.45. The number of carboxylic acids is 1. The number of anilines is 1. The summed E-state index contributed by atoms with van der Waals surface area (Å²) in [5.74, 6) is -1.59. The summed E-state index contributed by atoms with van der Waals surface area (Å²) in [7, 11) is 0. The summed E-state index contributed by atoms with van der Waals surface area (Å²) in [6.07, 6.45) is -4.89. The maximum absolute atomic E-state index is 13.0. The summed E-state index contributed by atoms with van der Waals surface area (Å²) in [5, 5.41) is 8.88. The lowest BCUT2D eigenvalue weighted by atomic mass is 10.0. The van der Waals surface area contributed by atoms with Gasteiger partial charge in [0.05, 0.1) is 23.3 Å². The zero-order chi connectivity index (χ0) is 15.8. The van der Waals surface area contributed by atoms with Crippen molar-refractivity contribution in [2.24, 2.45) is 0 Å². The number of carboxylic acid groups (broad SMARTS) is 1. The van der Waals surface area contributed by atoms with Gasteiger partial charge in [-0.15, -0.1) is 0 Å². The van der Waals surface area contributed by atoms with Crippen molar-refractivity contribution in [3.63, 3.8) is 0 Å². The minimum Gasteiger partial charge on any atom is -0.478 e. The molecule has 1 N–H and O–H groups in total. The summed E-state index contributed by atoms with van der Waals surface area (Å²) in [6.45, 7) is 4.63. The fourth-order valence-corrected chi connectivity index (χ4v) is 2.54. The van der Waals surface area contributed by atoms with Crippen LogP contribution in [0.15, 0.2) is 18.2 Å². The van der Waals surface area contributed by atoms with Crippen LogP contribution in [0.4, 0.5) is 18.9 Å². The van der Waals surface area contributed by atoms with Crippen LogP contribution in [0.25, 0.3) is 0 Å². The van der Waals surface area contributed by atoms with Crippen LogP contribution < -0.4 is 4.90 Å². The number of hydrogen-bond acceptors (Lipinski definition) is 3. The lowest BCUT2D eigenvalue weighted by molar-refractivity contribution is -0.138. The van der Waals surface area contributed by atoms with E-state index in [2.05, 4.69) is 0 Å². The Morgan fingerprint density at radius 1 is 1.29 bits per heavy atom. The molecule has 0 radical (unpaired) electrons. The van der Waals surface area contributed by atoms with Gasteiger partial charge in [0.1, 0.15) is 0 Å². The standard InChI is InChI=1S/C14H16F3NO3/c1-8-6-18(7-9(2)21-8)10-3-4-11(13(19)20)12(5-10)14(15,16)17/h3-5,8-9H,6-7H2,1-2H3,(H,19,20)/t8-,9+. The van der Waals surface area contributed by atoms with Crippen LogP contribution in [0.1, 0.15) is 29.8 Å². The second-order valence-electron chi connectivity index (χ2n) is 5.20. The van der Waals surface area contributed by atoms with Gasteiger partial charge in [-0.3, -0.25) is 0 Å². The van der Waals surface area contributed by atoms with E-state index in [4.69, 9.17) is 9.84 Å². The predicted molar refractivity (Wildman–Crippen MR) is 70.6 cm³/mol. The molecule has 1 fully saturated rings. The van der Waals surface area contributed by atoms with Crippen molar-refractivity contribution in [1.82, 2.24) is 0 Å². The van der Waals surface area contributed by atoms with E-state index in [1.165, 1.54) is 6.07 Å². The van der Waals surface area contributed by atoms with Gasteiger partial charge >= 0.3 is 12.1 Å². The van der Waals surface area contributed by atoms with E-state index in [1.54, 1.807) is 4.90 Å². The fraction of sp³-hybridized carbons (Fsp3) is 0.500. The SMILES string of the molecule is C[C@@H]1CN(c2ccc(C(=O)O)c(C(F)(F)F)c2)C[C@H](C)O1. The number of carbonyl (C=O) groups is 1. The summed E-state index contributed by atoms with van der Waals surface area (Å²) in [4.78, 5) is 12.7.